The molecule has 1 saturated heterocycles. The van der Waals surface area contributed by atoms with Gasteiger partial charge in [0.2, 0.25) is 5.91 Å². The highest BCUT2D eigenvalue weighted by molar-refractivity contribution is 5.94. The van der Waals surface area contributed by atoms with E-state index in [0.717, 1.165) is 26.2 Å². The number of likely N-dealkylation sites (N-methyl/N-ethyl adjacent to an activating group) is 1. The van der Waals surface area contributed by atoms with E-state index in [0.29, 0.717) is 5.69 Å². The van der Waals surface area contributed by atoms with E-state index in [9.17, 15) is 14.9 Å². The Bertz CT molecular complexity index is 526. The molecule has 1 heterocycles. The number of primary amides is 1. The molecule has 8 heteroatoms. The van der Waals surface area contributed by atoms with Crippen molar-refractivity contribution in [2.24, 2.45) is 5.73 Å². The topological polar surface area (TPSA) is 105 Å². The Morgan fingerprint density at radius 2 is 2.00 bits per heavy atom. The number of nitrogens with one attached hydrogen (secondary N) is 1. The number of amides is 1. The van der Waals surface area contributed by atoms with Crippen LogP contribution in [0.15, 0.2) is 18.2 Å². The Morgan fingerprint density at radius 1 is 1.35 bits per heavy atom. The molecule has 2 rings (SSSR count). The number of benzene rings is 1. The number of nitro groups is 1. The third kappa shape index (κ3) is 3.22. The Balaban J connectivity index is 2.18. The predicted octanol–water partition coefficient (Wildman–Crippen LogP) is 0.268. The van der Waals surface area contributed by atoms with Crippen molar-refractivity contribution in [2.75, 3.05) is 38.7 Å². The first-order valence-corrected chi connectivity index (χ1v) is 6.26. The monoisotopic (exact) mass is 279 g/mol. The molecule has 0 atom stereocenters. The van der Waals surface area contributed by atoms with E-state index in [1.807, 2.05) is 12.1 Å². The van der Waals surface area contributed by atoms with Crippen LogP contribution < -0.4 is 11.2 Å². The first-order chi connectivity index (χ1) is 9.47. The number of rotatable bonds is 4. The Morgan fingerprint density at radius 3 is 2.55 bits per heavy atom. The van der Waals surface area contributed by atoms with Crippen LogP contribution in [-0.2, 0) is 0 Å². The number of hydrogen-bond acceptors (Lipinski definition) is 6. The lowest BCUT2D eigenvalue weighted by Crippen LogP contribution is -2.47. The number of piperazine rings is 1. The van der Waals surface area contributed by atoms with Crippen molar-refractivity contribution in [3.05, 3.63) is 33.9 Å². The molecule has 0 aromatic heterocycles. The van der Waals surface area contributed by atoms with Gasteiger partial charge in [0.15, 0.2) is 0 Å². The lowest BCUT2D eigenvalue weighted by molar-refractivity contribution is -0.384. The van der Waals surface area contributed by atoms with Crippen molar-refractivity contribution in [3.63, 3.8) is 0 Å². The van der Waals surface area contributed by atoms with Crippen molar-refractivity contribution in [1.82, 2.24) is 9.91 Å². The number of nitrogens with two attached hydrogens (primary N) is 1. The van der Waals surface area contributed by atoms with Gasteiger partial charge in [-0.1, -0.05) is 0 Å². The first kappa shape index (κ1) is 14.2. The van der Waals surface area contributed by atoms with Crippen molar-refractivity contribution < 1.29 is 9.72 Å². The summed E-state index contributed by atoms with van der Waals surface area (Å²) in [5, 5.41) is 13.0. The summed E-state index contributed by atoms with van der Waals surface area (Å²) in [7, 11) is 2.03. The first-order valence-electron chi connectivity index (χ1n) is 6.26. The summed E-state index contributed by atoms with van der Waals surface area (Å²) >= 11 is 0. The zero-order valence-corrected chi connectivity index (χ0v) is 11.2. The number of nitro benzene ring substituents is 1. The molecule has 1 aliphatic heterocycles. The largest absolute Gasteiger partial charge is 0.366 e. The third-order valence-corrected chi connectivity index (χ3v) is 3.26. The van der Waals surface area contributed by atoms with Crippen LogP contribution in [0.5, 0.6) is 0 Å². The van der Waals surface area contributed by atoms with Crippen LogP contribution in [-0.4, -0.2) is 54.0 Å². The third-order valence-electron chi connectivity index (χ3n) is 3.26. The van der Waals surface area contributed by atoms with Crippen molar-refractivity contribution in [1.29, 1.82) is 0 Å². The molecule has 3 N–H and O–H groups in total. The van der Waals surface area contributed by atoms with Gasteiger partial charge in [0.1, 0.15) is 5.69 Å². The zero-order valence-electron chi connectivity index (χ0n) is 11.2. The molecule has 108 valence electrons. The van der Waals surface area contributed by atoms with Gasteiger partial charge in [0.25, 0.3) is 5.69 Å². The fourth-order valence-electron chi connectivity index (χ4n) is 2.02. The van der Waals surface area contributed by atoms with Crippen molar-refractivity contribution in [2.45, 2.75) is 0 Å². The predicted molar refractivity (Wildman–Crippen MR) is 74.3 cm³/mol. The normalized spacial score (nSPS) is 16.9. The van der Waals surface area contributed by atoms with Gasteiger partial charge >= 0.3 is 0 Å². The van der Waals surface area contributed by atoms with Crippen LogP contribution in [0.25, 0.3) is 0 Å². The number of carbonyl (C=O) groups is 1. The van der Waals surface area contributed by atoms with Gasteiger partial charge < -0.3 is 16.1 Å². The molecule has 1 amide bonds. The van der Waals surface area contributed by atoms with E-state index in [1.165, 1.54) is 18.2 Å². The lowest BCUT2D eigenvalue weighted by atomic mass is 10.1. The second-order valence-corrected chi connectivity index (χ2v) is 4.76. The molecule has 20 heavy (non-hydrogen) atoms. The smallest absolute Gasteiger partial charge is 0.294 e. The molecule has 1 fully saturated rings. The minimum absolute atomic E-state index is 0.126. The maximum absolute atomic E-state index is 11.1. The number of anilines is 1. The van der Waals surface area contributed by atoms with E-state index in [2.05, 4.69) is 10.3 Å². The molecule has 0 spiro atoms. The highest BCUT2D eigenvalue weighted by Gasteiger charge is 2.20. The van der Waals surface area contributed by atoms with Crippen LogP contribution in [0, 0.1) is 10.1 Å². The van der Waals surface area contributed by atoms with Gasteiger partial charge in [-0.25, -0.2) is 5.01 Å². The summed E-state index contributed by atoms with van der Waals surface area (Å²) < 4.78 is 0. The molecule has 1 aromatic carbocycles. The average Bonchev–Trinajstić information content (AvgIpc) is 2.41. The standard InChI is InChI=1S/C12H17N5O3/c1-15-4-6-16(7-5-15)14-10-3-2-9(12(13)18)8-11(10)17(19)20/h2-3,8,14H,4-7H2,1H3,(H2,13,18). The SMILES string of the molecule is CN1CCN(Nc2ccc(C(N)=O)cc2[N+](=O)[O-])CC1. The summed E-state index contributed by atoms with van der Waals surface area (Å²) in [6, 6.07) is 4.19. The second kappa shape index (κ2) is 5.85. The molecule has 0 unspecified atom stereocenters. The van der Waals surface area contributed by atoms with Gasteiger partial charge in [-0.3, -0.25) is 14.9 Å². The van der Waals surface area contributed by atoms with E-state index in [4.69, 9.17) is 5.73 Å². The second-order valence-electron chi connectivity index (χ2n) is 4.76. The van der Waals surface area contributed by atoms with E-state index in [1.54, 1.807) is 0 Å². The van der Waals surface area contributed by atoms with Gasteiger partial charge in [-0.05, 0) is 19.2 Å². The number of carbonyl (C=O) groups excluding carboxylic acids is 1. The molecule has 0 bridgehead atoms. The lowest BCUT2D eigenvalue weighted by Gasteiger charge is -2.32. The molecule has 1 aliphatic rings. The van der Waals surface area contributed by atoms with Crippen LogP contribution >= 0.6 is 0 Å². The minimum atomic E-state index is -0.681. The zero-order chi connectivity index (χ0) is 14.7. The van der Waals surface area contributed by atoms with Crippen LogP contribution in [0.4, 0.5) is 11.4 Å². The summed E-state index contributed by atoms with van der Waals surface area (Å²) in [4.78, 5) is 23.8. The highest BCUT2D eigenvalue weighted by atomic mass is 16.6. The van der Waals surface area contributed by atoms with Gasteiger partial charge in [-0.2, -0.15) is 0 Å². The molecular formula is C12H17N5O3. The summed E-state index contributed by atoms with van der Waals surface area (Å²) in [5.41, 5.74) is 8.50. The maximum Gasteiger partial charge on any atom is 0.294 e. The van der Waals surface area contributed by atoms with Crippen LogP contribution in [0.1, 0.15) is 10.4 Å². The Hall–Kier alpha value is -2.19. The number of nitrogens with zero attached hydrogens (tertiary/aromatic N) is 3. The minimum Gasteiger partial charge on any atom is -0.366 e. The molecular weight excluding hydrogens is 262 g/mol. The fourth-order valence-corrected chi connectivity index (χ4v) is 2.02. The summed E-state index contributed by atoms with van der Waals surface area (Å²) in [6.45, 7) is 3.32. The Kier molecular flexibility index (Phi) is 4.16. The number of hydrazine groups is 1. The molecule has 0 radical (unpaired) electrons. The van der Waals surface area contributed by atoms with Crippen LogP contribution in [0.3, 0.4) is 0 Å². The van der Waals surface area contributed by atoms with E-state index < -0.39 is 10.8 Å². The maximum atomic E-state index is 11.1. The molecule has 1 aromatic rings. The molecule has 0 saturated carbocycles. The quantitative estimate of drug-likeness (QED) is 0.605. The van der Waals surface area contributed by atoms with E-state index >= 15 is 0 Å². The van der Waals surface area contributed by atoms with Gasteiger partial charge in [-0.15, -0.1) is 0 Å². The highest BCUT2D eigenvalue weighted by Crippen LogP contribution is 2.26. The fraction of sp³-hybridized carbons (Fsp3) is 0.417. The van der Waals surface area contributed by atoms with Gasteiger partial charge in [0.05, 0.1) is 4.92 Å². The number of hydrogen-bond donors (Lipinski definition) is 2. The van der Waals surface area contributed by atoms with Crippen molar-refractivity contribution in [3.8, 4) is 0 Å². The molecule has 8 nitrogen and oxygen atoms in total. The molecule has 0 aliphatic carbocycles. The van der Waals surface area contributed by atoms with Crippen LogP contribution in [0.2, 0.25) is 0 Å². The summed E-state index contributed by atoms with van der Waals surface area (Å²) in [6.07, 6.45) is 0. The van der Waals surface area contributed by atoms with E-state index in [-0.39, 0.29) is 11.3 Å². The van der Waals surface area contributed by atoms with Crippen molar-refractivity contribution >= 4 is 17.3 Å². The Labute approximate surface area is 116 Å². The average molecular weight is 279 g/mol. The summed E-state index contributed by atoms with van der Waals surface area (Å²) in [5.74, 6) is -0.681. The van der Waals surface area contributed by atoms with Gasteiger partial charge in [0, 0.05) is 37.8 Å².